The van der Waals surface area contributed by atoms with Gasteiger partial charge in [0.25, 0.3) is 0 Å². The summed E-state index contributed by atoms with van der Waals surface area (Å²) in [5.74, 6) is -0.616. The van der Waals surface area contributed by atoms with Crippen LogP contribution in [0.1, 0.15) is 25.8 Å². The van der Waals surface area contributed by atoms with Gasteiger partial charge in [-0.3, -0.25) is 9.59 Å². The molecule has 0 aliphatic carbocycles. The molecular weight excluding hydrogens is 320 g/mol. The summed E-state index contributed by atoms with van der Waals surface area (Å²) in [5.41, 5.74) is 6.06. The number of nitrogens with two attached hydrogens (primary N) is 1. The minimum atomic E-state index is -1.17. The van der Waals surface area contributed by atoms with Gasteiger partial charge in [-0.1, -0.05) is 31.5 Å². The van der Waals surface area contributed by atoms with Gasteiger partial charge >= 0.3 is 0 Å². The second-order valence-corrected chi connectivity index (χ2v) is 6.19. The van der Waals surface area contributed by atoms with Crippen molar-refractivity contribution in [3.05, 3.63) is 28.8 Å². The summed E-state index contributed by atoms with van der Waals surface area (Å²) in [6.07, 6.45) is -0.679. The third kappa shape index (κ3) is 6.08. The number of carbonyl (C=O) groups excluding carboxylic acids is 2. The largest absolute Gasteiger partial charge is 0.495 e. The maximum Gasteiger partial charge on any atom is 0.249 e. The molecule has 1 rings (SSSR count). The Labute approximate surface area is 141 Å². The van der Waals surface area contributed by atoms with Gasteiger partial charge in [-0.05, 0) is 30.0 Å². The van der Waals surface area contributed by atoms with E-state index >= 15 is 0 Å². The molecule has 128 valence electrons. The predicted molar refractivity (Wildman–Crippen MR) is 88.3 cm³/mol. The lowest BCUT2D eigenvalue weighted by Gasteiger charge is -2.19. The van der Waals surface area contributed by atoms with Gasteiger partial charge in [0.1, 0.15) is 17.9 Å². The highest BCUT2D eigenvalue weighted by molar-refractivity contribution is 6.32. The third-order valence-electron chi connectivity index (χ3n) is 3.31. The molecule has 0 aliphatic heterocycles. The Morgan fingerprint density at radius 1 is 1.39 bits per heavy atom. The molecule has 0 heterocycles. The number of methoxy groups -OCH3 is 1. The molecule has 0 fully saturated rings. The quantitative estimate of drug-likeness (QED) is 0.662. The monoisotopic (exact) mass is 342 g/mol. The van der Waals surface area contributed by atoms with E-state index in [1.165, 1.54) is 7.11 Å². The standard InChI is InChI=1S/C16H23ClN2O4/c1-9(2)6-13(20)16(22)19-12(15(18)21)8-10-4-5-14(23-3)11(17)7-10/h4-5,7,9,12-13,20H,6,8H2,1-3H3,(H2,18,21)(H,19,22)/t12-,13-/m1/s1. The number of aliphatic hydroxyl groups excluding tert-OH is 1. The van der Waals surface area contributed by atoms with E-state index in [9.17, 15) is 14.7 Å². The topological polar surface area (TPSA) is 102 Å². The third-order valence-corrected chi connectivity index (χ3v) is 3.61. The van der Waals surface area contributed by atoms with Crippen molar-refractivity contribution in [3.63, 3.8) is 0 Å². The summed E-state index contributed by atoms with van der Waals surface area (Å²) in [5, 5.41) is 12.7. The van der Waals surface area contributed by atoms with Crippen LogP contribution in [0.4, 0.5) is 0 Å². The summed E-state index contributed by atoms with van der Waals surface area (Å²) in [4.78, 5) is 23.5. The van der Waals surface area contributed by atoms with Gasteiger partial charge in [0.2, 0.25) is 11.8 Å². The first kappa shape index (κ1) is 19.3. The molecule has 23 heavy (non-hydrogen) atoms. The molecule has 7 heteroatoms. The minimum absolute atomic E-state index is 0.156. The summed E-state index contributed by atoms with van der Waals surface area (Å²) in [6, 6.07) is 4.13. The Morgan fingerprint density at radius 3 is 2.52 bits per heavy atom. The van der Waals surface area contributed by atoms with E-state index in [1.807, 2.05) is 13.8 Å². The number of rotatable bonds is 8. The summed E-state index contributed by atoms with van der Waals surface area (Å²) in [7, 11) is 1.50. The molecule has 0 aliphatic rings. The van der Waals surface area contributed by atoms with Crippen LogP contribution in [0, 0.1) is 5.92 Å². The van der Waals surface area contributed by atoms with Gasteiger partial charge in [-0.2, -0.15) is 0 Å². The SMILES string of the molecule is COc1ccc(C[C@@H](NC(=O)[C@H](O)CC(C)C)C(N)=O)cc1Cl. The summed E-state index contributed by atoms with van der Waals surface area (Å²) >= 11 is 6.04. The zero-order valence-electron chi connectivity index (χ0n) is 13.5. The van der Waals surface area contributed by atoms with Crippen molar-refractivity contribution < 1.29 is 19.4 Å². The highest BCUT2D eigenvalue weighted by Gasteiger charge is 2.23. The number of primary amides is 1. The van der Waals surface area contributed by atoms with Crippen molar-refractivity contribution in [2.24, 2.45) is 11.7 Å². The number of hydrogen-bond acceptors (Lipinski definition) is 4. The van der Waals surface area contributed by atoms with E-state index in [2.05, 4.69) is 5.32 Å². The van der Waals surface area contributed by atoms with E-state index < -0.39 is 24.0 Å². The lowest BCUT2D eigenvalue weighted by Crippen LogP contribution is -2.49. The first-order valence-electron chi connectivity index (χ1n) is 7.34. The molecule has 0 unspecified atom stereocenters. The molecule has 6 nitrogen and oxygen atoms in total. The Morgan fingerprint density at radius 2 is 2.04 bits per heavy atom. The van der Waals surface area contributed by atoms with Crippen molar-refractivity contribution in [1.29, 1.82) is 0 Å². The number of halogens is 1. The number of ether oxygens (including phenoxy) is 1. The molecule has 0 saturated heterocycles. The van der Waals surface area contributed by atoms with Gasteiger partial charge in [0.15, 0.2) is 0 Å². The Balaban J connectivity index is 2.78. The molecule has 2 amide bonds. The van der Waals surface area contributed by atoms with Crippen LogP contribution in [0.15, 0.2) is 18.2 Å². The van der Waals surface area contributed by atoms with Crippen molar-refractivity contribution in [2.75, 3.05) is 7.11 Å². The zero-order valence-corrected chi connectivity index (χ0v) is 14.3. The van der Waals surface area contributed by atoms with Crippen LogP contribution in [0.5, 0.6) is 5.75 Å². The second-order valence-electron chi connectivity index (χ2n) is 5.78. The van der Waals surface area contributed by atoms with Crippen LogP contribution in [-0.4, -0.2) is 36.2 Å². The van der Waals surface area contributed by atoms with E-state index in [1.54, 1.807) is 18.2 Å². The van der Waals surface area contributed by atoms with Gasteiger partial charge in [-0.15, -0.1) is 0 Å². The van der Waals surface area contributed by atoms with Crippen LogP contribution >= 0.6 is 11.6 Å². The number of benzene rings is 1. The van der Waals surface area contributed by atoms with Crippen LogP contribution in [0.3, 0.4) is 0 Å². The molecular formula is C16H23ClN2O4. The number of carbonyl (C=O) groups is 2. The lowest BCUT2D eigenvalue weighted by atomic mass is 10.0. The molecule has 1 aromatic carbocycles. The van der Waals surface area contributed by atoms with Crippen LogP contribution in [-0.2, 0) is 16.0 Å². The summed E-state index contributed by atoms with van der Waals surface area (Å²) < 4.78 is 5.06. The fraction of sp³-hybridized carbons (Fsp3) is 0.500. The summed E-state index contributed by atoms with van der Waals surface area (Å²) in [6.45, 7) is 3.78. The van der Waals surface area contributed by atoms with E-state index in [-0.39, 0.29) is 12.3 Å². The van der Waals surface area contributed by atoms with Crippen molar-refractivity contribution in [1.82, 2.24) is 5.32 Å². The maximum atomic E-state index is 11.9. The van der Waals surface area contributed by atoms with Crippen LogP contribution in [0.2, 0.25) is 5.02 Å². The van der Waals surface area contributed by atoms with E-state index in [0.717, 1.165) is 5.56 Å². The highest BCUT2D eigenvalue weighted by Crippen LogP contribution is 2.25. The van der Waals surface area contributed by atoms with Crippen molar-refractivity contribution in [2.45, 2.75) is 38.8 Å². The Kier molecular flexibility index (Phi) is 7.32. The Hall–Kier alpha value is -1.79. The van der Waals surface area contributed by atoms with E-state index in [0.29, 0.717) is 17.2 Å². The molecule has 1 aromatic rings. The van der Waals surface area contributed by atoms with Crippen molar-refractivity contribution in [3.8, 4) is 5.75 Å². The second kappa shape index (κ2) is 8.74. The van der Waals surface area contributed by atoms with Crippen molar-refractivity contribution >= 4 is 23.4 Å². The minimum Gasteiger partial charge on any atom is -0.495 e. The lowest BCUT2D eigenvalue weighted by molar-refractivity contribution is -0.133. The molecule has 0 bridgehead atoms. The molecule has 0 radical (unpaired) electrons. The van der Waals surface area contributed by atoms with Gasteiger partial charge in [0, 0.05) is 6.42 Å². The molecule has 0 saturated carbocycles. The fourth-order valence-corrected chi connectivity index (χ4v) is 2.40. The van der Waals surface area contributed by atoms with Gasteiger partial charge in [-0.25, -0.2) is 0 Å². The zero-order chi connectivity index (χ0) is 17.6. The molecule has 0 spiro atoms. The molecule has 0 aromatic heterocycles. The van der Waals surface area contributed by atoms with Crippen LogP contribution < -0.4 is 15.8 Å². The number of amides is 2. The Bertz CT molecular complexity index is 563. The van der Waals surface area contributed by atoms with Crippen LogP contribution in [0.25, 0.3) is 0 Å². The normalized spacial score (nSPS) is 13.5. The van der Waals surface area contributed by atoms with Gasteiger partial charge in [0.05, 0.1) is 12.1 Å². The fourth-order valence-electron chi connectivity index (χ4n) is 2.12. The maximum absolute atomic E-state index is 11.9. The number of aliphatic hydroxyl groups is 1. The predicted octanol–water partition coefficient (Wildman–Crippen LogP) is 1.27. The number of hydrogen-bond donors (Lipinski definition) is 3. The number of nitrogens with one attached hydrogen (secondary N) is 1. The first-order valence-corrected chi connectivity index (χ1v) is 7.72. The average Bonchev–Trinajstić information content (AvgIpc) is 2.45. The van der Waals surface area contributed by atoms with Gasteiger partial charge < -0.3 is 20.9 Å². The highest BCUT2D eigenvalue weighted by atomic mass is 35.5. The molecule has 2 atom stereocenters. The average molecular weight is 343 g/mol. The molecule has 4 N–H and O–H groups in total. The van der Waals surface area contributed by atoms with E-state index in [4.69, 9.17) is 22.1 Å². The first-order chi connectivity index (χ1) is 10.7. The smallest absolute Gasteiger partial charge is 0.249 e.